The summed E-state index contributed by atoms with van der Waals surface area (Å²) >= 11 is 0. The highest BCUT2D eigenvalue weighted by Gasteiger charge is 2.24. The quantitative estimate of drug-likeness (QED) is 0.918. The Morgan fingerprint density at radius 3 is 2.62 bits per heavy atom. The zero-order valence-electron chi connectivity index (χ0n) is 11.8. The van der Waals surface area contributed by atoms with Gasteiger partial charge < -0.3 is 10.1 Å². The van der Waals surface area contributed by atoms with E-state index in [9.17, 15) is 4.39 Å². The van der Waals surface area contributed by atoms with E-state index in [2.05, 4.69) is 16.3 Å². The zero-order chi connectivity index (χ0) is 13.7. The lowest BCUT2D eigenvalue weighted by Gasteiger charge is -2.34. The molecule has 2 rings (SSSR count). The van der Waals surface area contributed by atoms with Crippen LogP contribution in [0.15, 0.2) is 18.2 Å². The molecule has 0 unspecified atom stereocenters. The van der Waals surface area contributed by atoms with E-state index in [-0.39, 0.29) is 36.7 Å². The number of ether oxygens (including phenoxy) is 1. The van der Waals surface area contributed by atoms with Crippen molar-refractivity contribution in [2.45, 2.75) is 12.5 Å². The van der Waals surface area contributed by atoms with Crippen LogP contribution in [0.4, 0.5) is 4.39 Å². The van der Waals surface area contributed by atoms with Crippen LogP contribution < -0.4 is 10.1 Å². The molecule has 0 aromatic heterocycles. The lowest BCUT2D eigenvalue weighted by Crippen LogP contribution is -2.45. The minimum Gasteiger partial charge on any atom is -0.496 e. The van der Waals surface area contributed by atoms with Crippen LogP contribution in [0.5, 0.6) is 5.75 Å². The Balaban J connectivity index is 0.00000200. The number of piperazine rings is 1. The molecule has 1 fully saturated rings. The molecule has 21 heavy (non-hydrogen) atoms. The van der Waals surface area contributed by atoms with Crippen molar-refractivity contribution in [1.29, 1.82) is 5.26 Å². The fourth-order valence-electron chi connectivity index (χ4n) is 2.48. The average Bonchev–Trinajstić information content (AvgIpc) is 2.46. The smallest absolute Gasteiger partial charge is 0.126 e. The molecule has 1 heterocycles. The summed E-state index contributed by atoms with van der Waals surface area (Å²) in [7, 11) is 1.53. The summed E-state index contributed by atoms with van der Waals surface area (Å²) in [5, 5.41) is 12.3. The summed E-state index contributed by atoms with van der Waals surface area (Å²) in [6.07, 6.45) is 0.377. The van der Waals surface area contributed by atoms with E-state index in [0.717, 1.165) is 31.7 Å². The first-order valence-electron chi connectivity index (χ1n) is 6.41. The first-order valence-corrected chi connectivity index (χ1v) is 6.41. The van der Waals surface area contributed by atoms with Crippen LogP contribution in [0.25, 0.3) is 0 Å². The molecule has 1 N–H and O–H groups in total. The van der Waals surface area contributed by atoms with Gasteiger partial charge in [0, 0.05) is 37.8 Å². The number of hydrogen-bond donors (Lipinski definition) is 1. The third-order valence-corrected chi connectivity index (χ3v) is 3.43. The number of nitrogens with zero attached hydrogens (tertiary/aromatic N) is 2. The van der Waals surface area contributed by atoms with Gasteiger partial charge in [-0.25, -0.2) is 4.39 Å². The van der Waals surface area contributed by atoms with E-state index in [0.29, 0.717) is 12.2 Å². The lowest BCUT2D eigenvalue weighted by molar-refractivity contribution is 0.172. The number of nitrogens with one attached hydrogen (secondary N) is 1. The molecule has 4 nitrogen and oxygen atoms in total. The monoisotopic (exact) mass is 335 g/mol. The largest absolute Gasteiger partial charge is 0.496 e. The number of halogens is 3. The SMILES string of the molecule is COc1cc(F)ccc1[C@H](CC#N)N1CCNCC1.Cl.Cl. The number of methoxy groups -OCH3 is 1. The molecule has 1 atom stereocenters. The topological polar surface area (TPSA) is 48.3 Å². The van der Waals surface area contributed by atoms with Gasteiger partial charge in [-0.05, 0) is 6.07 Å². The van der Waals surface area contributed by atoms with Gasteiger partial charge in [-0.2, -0.15) is 5.26 Å². The minimum atomic E-state index is -0.323. The molecule has 0 aliphatic carbocycles. The van der Waals surface area contributed by atoms with Crippen molar-refractivity contribution >= 4 is 24.8 Å². The molecular weight excluding hydrogens is 316 g/mol. The minimum absolute atomic E-state index is 0. The Hall–Kier alpha value is -1.06. The van der Waals surface area contributed by atoms with Crippen molar-refractivity contribution in [3.05, 3.63) is 29.6 Å². The second-order valence-corrected chi connectivity index (χ2v) is 4.55. The van der Waals surface area contributed by atoms with Gasteiger partial charge in [-0.1, -0.05) is 6.07 Å². The predicted molar refractivity (Wildman–Crippen MR) is 84.9 cm³/mol. The van der Waals surface area contributed by atoms with Crippen LogP contribution in [-0.2, 0) is 0 Å². The fraction of sp³-hybridized carbons (Fsp3) is 0.500. The number of nitriles is 1. The van der Waals surface area contributed by atoms with Gasteiger partial charge in [-0.15, -0.1) is 24.8 Å². The number of hydrogen-bond acceptors (Lipinski definition) is 4. The maximum absolute atomic E-state index is 13.3. The zero-order valence-corrected chi connectivity index (χ0v) is 13.5. The summed E-state index contributed by atoms with van der Waals surface area (Å²) in [5.74, 6) is 0.190. The Morgan fingerprint density at radius 1 is 1.38 bits per heavy atom. The third kappa shape index (κ3) is 5.01. The Bertz CT molecular complexity index is 476. The van der Waals surface area contributed by atoms with Crippen LogP contribution in [0, 0.1) is 17.1 Å². The van der Waals surface area contributed by atoms with E-state index in [1.807, 2.05) is 0 Å². The normalized spacial score (nSPS) is 16.0. The lowest BCUT2D eigenvalue weighted by atomic mass is 10.0. The first kappa shape index (κ1) is 19.9. The second kappa shape index (κ2) is 9.80. The molecule has 7 heteroatoms. The number of rotatable bonds is 4. The van der Waals surface area contributed by atoms with E-state index < -0.39 is 0 Å². The first-order chi connectivity index (χ1) is 9.26. The van der Waals surface area contributed by atoms with Gasteiger partial charge >= 0.3 is 0 Å². The Labute approximate surface area is 137 Å². The van der Waals surface area contributed by atoms with Crippen LogP contribution in [-0.4, -0.2) is 38.2 Å². The van der Waals surface area contributed by atoms with Crippen molar-refractivity contribution in [1.82, 2.24) is 10.2 Å². The van der Waals surface area contributed by atoms with Crippen LogP contribution >= 0.6 is 24.8 Å². The Morgan fingerprint density at radius 2 is 2.05 bits per heavy atom. The highest BCUT2D eigenvalue weighted by Crippen LogP contribution is 2.32. The molecule has 118 valence electrons. The summed E-state index contributed by atoms with van der Waals surface area (Å²) in [6, 6.07) is 6.70. The van der Waals surface area contributed by atoms with Gasteiger partial charge in [0.2, 0.25) is 0 Å². The van der Waals surface area contributed by atoms with Crippen molar-refractivity contribution < 1.29 is 9.13 Å². The molecule has 1 aromatic carbocycles. The molecule has 1 aromatic rings. The second-order valence-electron chi connectivity index (χ2n) is 4.55. The van der Waals surface area contributed by atoms with Gasteiger partial charge in [0.05, 0.1) is 25.6 Å². The van der Waals surface area contributed by atoms with Crippen molar-refractivity contribution in [2.24, 2.45) is 0 Å². The summed E-state index contributed by atoms with van der Waals surface area (Å²) in [6.45, 7) is 3.58. The van der Waals surface area contributed by atoms with Gasteiger partial charge in [0.1, 0.15) is 11.6 Å². The highest BCUT2D eigenvalue weighted by molar-refractivity contribution is 5.85. The fourth-order valence-corrected chi connectivity index (χ4v) is 2.48. The van der Waals surface area contributed by atoms with Crippen molar-refractivity contribution in [3.8, 4) is 11.8 Å². The van der Waals surface area contributed by atoms with E-state index in [4.69, 9.17) is 10.00 Å². The molecule has 0 amide bonds. The van der Waals surface area contributed by atoms with Gasteiger partial charge in [0.15, 0.2) is 0 Å². The van der Waals surface area contributed by atoms with Gasteiger partial charge in [0.25, 0.3) is 0 Å². The average molecular weight is 336 g/mol. The molecule has 1 aliphatic heterocycles. The molecule has 0 saturated carbocycles. The van der Waals surface area contributed by atoms with Crippen LogP contribution in [0.3, 0.4) is 0 Å². The molecule has 1 saturated heterocycles. The summed E-state index contributed by atoms with van der Waals surface area (Å²) in [5.41, 5.74) is 0.882. The molecule has 1 aliphatic rings. The molecule has 0 radical (unpaired) electrons. The van der Waals surface area contributed by atoms with Crippen LogP contribution in [0.2, 0.25) is 0 Å². The Kier molecular flexibility index (Phi) is 9.31. The maximum Gasteiger partial charge on any atom is 0.126 e. The van der Waals surface area contributed by atoms with E-state index in [1.165, 1.54) is 19.2 Å². The van der Waals surface area contributed by atoms with Gasteiger partial charge in [-0.3, -0.25) is 4.90 Å². The standard InChI is InChI=1S/C14H18FN3O.2ClH/c1-19-14-10-11(15)2-3-12(14)13(4-5-16)18-8-6-17-7-9-18;;/h2-3,10,13,17H,4,6-9H2,1H3;2*1H/t13-;;/m0../s1. The molecular formula is C14H20Cl2FN3O. The summed E-state index contributed by atoms with van der Waals surface area (Å²) < 4.78 is 18.5. The predicted octanol–water partition coefficient (Wildman–Crippen LogP) is 2.54. The molecule has 0 spiro atoms. The van der Waals surface area contributed by atoms with E-state index >= 15 is 0 Å². The maximum atomic E-state index is 13.3. The van der Waals surface area contributed by atoms with E-state index in [1.54, 1.807) is 6.07 Å². The molecule has 0 bridgehead atoms. The van der Waals surface area contributed by atoms with Crippen molar-refractivity contribution in [2.75, 3.05) is 33.3 Å². The third-order valence-electron chi connectivity index (χ3n) is 3.43. The van der Waals surface area contributed by atoms with Crippen molar-refractivity contribution in [3.63, 3.8) is 0 Å². The number of benzene rings is 1. The highest BCUT2D eigenvalue weighted by atomic mass is 35.5. The summed E-state index contributed by atoms with van der Waals surface area (Å²) in [4.78, 5) is 2.25. The van der Waals surface area contributed by atoms with Crippen LogP contribution in [0.1, 0.15) is 18.0 Å².